The van der Waals surface area contributed by atoms with Gasteiger partial charge >= 0.3 is 6.03 Å². The summed E-state index contributed by atoms with van der Waals surface area (Å²) in [6.07, 6.45) is 3.07. The third-order valence-electron chi connectivity index (χ3n) is 4.61. The molecule has 2 saturated heterocycles. The van der Waals surface area contributed by atoms with E-state index in [2.05, 4.69) is 21.3 Å². The molecule has 0 spiro atoms. The largest absolute Gasteiger partial charge is 0.388 e. The fourth-order valence-corrected chi connectivity index (χ4v) is 3.34. The Balaban J connectivity index is 1.60. The highest BCUT2D eigenvalue weighted by atomic mass is 16.3. The second kappa shape index (κ2) is 6.35. The molecular formula is C17H26N4O2. The van der Waals surface area contributed by atoms with Crippen molar-refractivity contribution >= 4 is 11.8 Å². The van der Waals surface area contributed by atoms with E-state index in [0.29, 0.717) is 26.1 Å². The number of aliphatic hydroxyl groups is 1. The van der Waals surface area contributed by atoms with Gasteiger partial charge in [-0.3, -0.25) is 0 Å². The van der Waals surface area contributed by atoms with Crippen LogP contribution in [0, 0.1) is 6.92 Å². The number of amides is 2. The minimum absolute atomic E-state index is 0.111. The minimum Gasteiger partial charge on any atom is -0.388 e. The molecule has 126 valence electrons. The van der Waals surface area contributed by atoms with Gasteiger partial charge in [0.1, 0.15) is 5.82 Å². The fourth-order valence-electron chi connectivity index (χ4n) is 3.34. The van der Waals surface area contributed by atoms with Crippen molar-refractivity contribution in [3.63, 3.8) is 0 Å². The Hall–Kier alpha value is -1.82. The maximum Gasteiger partial charge on any atom is 0.317 e. The topological polar surface area (TPSA) is 68.7 Å². The Morgan fingerprint density at radius 3 is 2.74 bits per heavy atom. The highest BCUT2D eigenvalue weighted by Gasteiger charge is 2.33. The molecule has 23 heavy (non-hydrogen) atoms. The van der Waals surface area contributed by atoms with Crippen LogP contribution in [-0.2, 0) is 6.54 Å². The molecular weight excluding hydrogens is 292 g/mol. The number of anilines is 1. The molecule has 0 aliphatic carbocycles. The first-order valence-electron chi connectivity index (χ1n) is 8.41. The first-order chi connectivity index (χ1) is 10.9. The van der Waals surface area contributed by atoms with Crippen LogP contribution in [0.15, 0.2) is 12.1 Å². The summed E-state index contributed by atoms with van der Waals surface area (Å²) in [5.41, 5.74) is 1.29. The molecule has 2 N–H and O–H groups in total. The Morgan fingerprint density at radius 1 is 1.35 bits per heavy atom. The average molecular weight is 318 g/mol. The van der Waals surface area contributed by atoms with Crippen LogP contribution in [0.3, 0.4) is 0 Å². The summed E-state index contributed by atoms with van der Waals surface area (Å²) in [4.78, 5) is 20.8. The first-order valence-corrected chi connectivity index (χ1v) is 8.41. The van der Waals surface area contributed by atoms with Crippen LogP contribution < -0.4 is 10.2 Å². The highest BCUT2D eigenvalue weighted by Crippen LogP contribution is 2.21. The van der Waals surface area contributed by atoms with E-state index >= 15 is 0 Å². The Morgan fingerprint density at radius 2 is 2.09 bits per heavy atom. The van der Waals surface area contributed by atoms with Crippen molar-refractivity contribution in [1.82, 2.24) is 15.2 Å². The molecule has 1 aromatic rings. The maximum atomic E-state index is 12.2. The Kier molecular flexibility index (Phi) is 4.43. The number of aromatic nitrogens is 1. The molecule has 2 amide bonds. The van der Waals surface area contributed by atoms with E-state index in [0.717, 1.165) is 30.2 Å². The number of hydrogen-bond acceptors (Lipinski definition) is 4. The summed E-state index contributed by atoms with van der Waals surface area (Å²) < 4.78 is 0. The van der Waals surface area contributed by atoms with Crippen molar-refractivity contribution in [3.05, 3.63) is 23.4 Å². The zero-order valence-electron chi connectivity index (χ0n) is 14.0. The normalized spacial score (nSPS) is 24.3. The number of rotatable bonds is 3. The number of nitrogens with one attached hydrogen (secondary N) is 1. The predicted octanol–water partition coefficient (Wildman–Crippen LogP) is 1.66. The monoisotopic (exact) mass is 318 g/mol. The molecule has 3 heterocycles. The van der Waals surface area contributed by atoms with Crippen molar-refractivity contribution in [2.75, 3.05) is 31.1 Å². The number of carbonyl (C=O) groups is 1. The zero-order chi connectivity index (χ0) is 16.4. The van der Waals surface area contributed by atoms with E-state index in [-0.39, 0.29) is 6.03 Å². The summed E-state index contributed by atoms with van der Waals surface area (Å²) in [6.45, 7) is 7.37. The van der Waals surface area contributed by atoms with Gasteiger partial charge in [0.25, 0.3) is 0 Å². The van der Waals surface area contributed by atoms with Crippen molar-refractivity contribution in [2.24, 2.45) is 0 Å². The van der Waals surface area contributed by atoms with Gasteiger partial charge < -0.3 is 20.2 Å². The van der Waals surface area contributed by atoms with Gasteiger partial charge in [0, 0.05) is 31.9 Å². The quantitative estimate of drug-likeness (QED) is 0.889. The summed E-state index contributed by atoms with van der Waals surface area (Å²) in [5.74, 6) is 1.01. The predicted molar refractivity (Wildman–Crippen MR) is 89.5 cm³/mol. The van der Waals surface area contributed by atoms with Crippen LogP contribution in [0.1, 0.15) is 37.4 Å². The van der Waals surface area contributed by atoms with Crippen LogP contribution in [0.25, 0.3) is 0 Å². The van der Waals surface area contributed by atoms with E-state index < -0.39 is 5.60 Å². The maximum absolute atomic E-state index is 12.2. The van der Waals surface area contributed by atoms with Gasteiger partial charge in [0.15, 0.2) is 0 Å². The molecule has 6 heteroatoms. The number of aryl methyl sites for hydroxylation is 1. The number of pyridine rings is 1. The molecule has 0 bridgehead atoms. The Labute approximate surface area is 137 Å². The first kappa shape index (κ1) is 16.1. The SMILES string of the molecule is Cc1cc(CNC(=O)N2CCC(C)(O)C2)cc(N2CCCC2)n1. The fraction of sp³-hybridized carbons (Fsp3) is 0.647. The smallest absolute Gasteiger partial charge is 0.317 e. The van der Waals surface area contributed by atoms with E-state index in [4.69, 9.17) is 0 Å². The minimum atomic E-state index is -0.756. The molecule has 6 nitrogen and oxygen atoms in total. The highest BCUT2D eigenvalue weighted by molar-refractivity contribution is 5.74. The van der Waals surface area contributed by atoms with Gasteiger partial charge in [0.05, 0.1) is 12.1 Å². The van der Waals surface area contributed by atoms with E-state index in [1.54, 1.807) is 11.8 Å². The summed E-state index contributed by atoms with van der Waals surface area (Å²) >= 11 is 0. The summed E-state index contributed by atoms with van der Waals surface area (Å²) in [7, 11) is 0. The number of urea groups is 1. The Bertz CT molecular complexity index is 582. The van der Waals surface area contributed by atoms with E-state index in [1.165, 1.54) is 12.8 Å². The van der Waals surface area contributed by atoms with Crippen LogP contribution in [0.5, 0.6) is 0 Å². The van der Waals surface area contributed by atoms with Gasteiger partial charge in [-0.1, -0.05) is 0 Å². The lowest BCUT2D eigenvalue weighted by molar-refractivity contribution is 0.0719. The lowest BCUT2D eigenvalue weighted by Crippen LogP contribution is -2.40. The average Bonchev–Trinajstić information content (AvgIpc) is 3.13. The van der Waals surface area contributed by atoms with Crippen molar-refractivity contribution in [3.8, 4) is 0 Å². The number of β-amino-alcohol motifs (C(OH)–C–C–N with tert-alkyl or cyclic N) is 1. The molecule has 0 aromatic carbocycles. The van der Waals surface area contributed by atoms with Gasteiger partial charge in [-0.2, -0.15) is 0 Å². The van der Waals surface area contributed by atoms with Crippen molar-refractivity contribution in [1.29, 1.82) is 0 Å². The molecule has 0 radical (unpaired) electrons. The number of nitrogens with zero attached hydrogens (tertiary/aromatic N) is 3. The molecule has 2 fully saturated rings. The van der Waals surface area contributed by atoms with E-state index in [1.807, 2.05) is 13.0 Å². The third kappa shape index (κ3) is 3.93. The van der Waals surface area contributed by atoms with E-state index in [9.17, 15) is 9.90 Å². The van der Waals surface area contributed by atoms with Crippen LogP contribution in [-0.4, -0.2) is 52.8 Å². The lowest BCUT2D eigenvalue weighted by Gasteiger charge is -2.20. The van der Waals surface area contributed by atoms with Crippen LogP contribution in [0.4, 0.5) is 10.6 Å². The number of hydrogen-bond donors (Lipinski definition) is 2. The van der Waals surface area contributed by atoms with Gasteiger partial charge in [-0.05, 0) is 50.8 Å². The van der Waals surface area contributed by atoms with Crippen molar-refractivity contribution in [2.45, 2.75) is 45.3 Å². The zero-order valence-corrected chi connectivity index (χ0v) is 14.0. The standard InChI is InChI=1S/C17H26N4O2/c1-13-9-14(10-15(19-13)20-6-3-4-7-20)11-18-16(22)21-8-5-17(2,23)12-21/h9-10,23H,3-8,11-12H2,1-2H3,(H,18,22). The van der Waals surface area contributed by atoms with Gasteiger partial charge in [0.2, 0.25) is 0 Å². The molecule has 1 unspecified atom stereocenters. The van der Waals surface area contributed by atoms with Crippen LogP contribution >= 0.6 is 0 Å². The second-order valence-electron chi connectivity index (χ2n) is 7.00. The van der Waals surface area contributed by atoms with Crippen molar-refractivity contribution < 1.29 is 9.90 Å². The number of likely N-dealkylation sites (tertiary alicyclic amines) is 1. The molecule has 1 atom stereocenters. The summed E-state index contributed by atoms with van der Waals surface area (Å²) in [6, 6.07) is 3.97. The van der Waals surface area contributed by atoms with Crippen LogP contribution in [0.2, 0.25) is 0 Å². The molecule has 3 rings (SSSR count). The van der Waals surface area contributed by atoms with Gasteiger partial charge in [-0.15, -0.1) is 0 Å². The third-order valence-corrected chi connectivity index (χ3v) is 4.61. The lowest BCUT2D eigenvalue weighted by atomic mass is 10.1. The summed E-state index contributed by atoms with van der Waals surface area (Å²) in [5, 5.41) is 12.9. The second-order valence-corrected chi connectivity index (χ2v) is 7.00. The number of carbonyl (C=O) groups excluding carboxylic acids is 1. The van der Waals surface area contributed by atoms with Gasteiger partial charge in [-0.25, -0.2) is 9.78 Å². The molecule has 0 saturated carbocycles. The molecule has 2 aliphatic heterocycles. The molecule has 2 aliphatic rings. The molecule has 1 aromatic heterocycles.